The minimum atomic E-state index is -3.26. The van der Waals surface area contributed by atoms with Crippen LogP contribution >= 0.6 is 7.29 Å². The normalized spacial score (nSPS) is 13.6. The summed E-state index contributed by atoms with van der Waals surface area (Å²) in [6.07, 6.45) is 0. The van der Waals surface area contributed by atoms with Crippen molar-refractivity contribution in [1.29, 1.82) is 0 Å². The molecule has 0 radical (unpaired) electrons. The average molecular weight is 473 g/mol. The van der Waals surface area contributed by atoms with Crippen LogP contribution in [0.5, 0.6) is 0 Å². The second-order valence-electron chi connectivity index (χ2n) is 8.81. The van der Waals surface area contributed by atoms with Gasteiger partial charge in [-0.2, -0.15) is 0 Å². The van der Waals surface area contributed by atoms with Crippen LogP contribution in [0.15, 0.2) is 109 Å². The Kier molecular flexibility index (Phi) is 7.43. The van der Waals surface area contributed by atoms with Crippen LogP contribution in [0, 0.1) is 11.7 Å². The third-order valence-corrected chi connectivity index (χ3v) is 8.84. The minimum absolute atomic E-state index is 0.109. The second-order valence-corrected chi connectivity index (χ2v) is 11.3. The van der Waals surface area contributed by atoms with Gasteiger partial charge in [-0.05, 0) is 59.0 Å². The maximum absolute atomic E-state index is 14.8. The third-order valence-electron chi connectivity index (χ3n) is 6.15. The van der Waals surface area contributed by atoms with E-state index in [4.69, 9.17) is 5.73 Å². The Morgan fingerprint density at radius 2 is 1.32 bits per heavy atom. The van der Waals surface area contributed by atoms with Crippen LogP contribution in [0.25, 0.3) is 11.1 Å². The zero-order valence-electron chi connectivity index (χ0n) is 19.4. The lowest BCUT2D eigenvalue weighted by molar-refractivity contribution is 0.401. The fourth-order valence-corrected chi connectivity index (χ4v) is 6.69. The Balaban J connectivity index is 1.89. The van der Waals surface area contributed by atoms with E-state index in [9.17, 15) is 8.96 Å². The molecule has 2 atom stereocenters. The van der Waals surface area contributed by atoms with Gasteiger partial charge in [0.15, 0.2) is 0 Å². The van der Waals surface area contributed by atoms with Crippen molar-refractivity contribution >= 4 is 17.9 Å². The van der Waals surface area contributed by atoms with Crippen molar-refractivity contribution in [2.45, 2.75) is 25.9 Å². The van der Waals surface area contributed by atoms with Gasteiger partial charge >= 0.3 is 0 Å². The van der Waals surface area contributed by atoms with E-state index in [-0.39, 0.29) is 17.8 Å². The number of nitrogens with two attached hydrogens (primary N) is 1. The number of hydrogen-bond acceptors (Lipinski definition) is 2. The largest absolute Gasteiger partial charge is 0.326 e. The van der Waals surface area contributed by atoms with Gasteiger partial charge in [-0.3, -0.25) is 9.65 Å². The van der Waals surface area contributed by atoms with E-state index < -0.39 is 13.3 Å². The van der Waals surface area contributed by atoms with Crippen molar-refractivity contribution in [1.82, 2.24) is 5.09 Å². The van der Waals surface area contributed by atoms with Crippen molar-refractivity contribution in [2.75, 3.05) is 0 Å². The van der Waals surface area contributed by atoms with Crippen LogP contribution in [0.1, 0.15) is 25.5 Å². The fraction of sp³-hybridized carbons (Fsp3) is 0.172. The minimum Gasteiger partial charge on any atom is -0.326 e. The Morgan fingerprint density at radius 3 is 1.88 bits per heavy atom. The summed E-state index contributed by atoms with van der Waals surface area (Å²) in [7, 11) is -3.26. The van der Waals surface area contributed by atoms with Gasteiger partial charge in [-0.1, -0.05) is 86.6 Å². The zero-order valence-corrected chi connectivity index (χ0v) is 20.3. The summed E-state index contributed by atoms with van der Waals surface area (Å²) in [4.78, 5) is 0. The smallest absolute Gasteiger partial charge is 0.205 e. The standard InChI is InChI=1S/C29H30FN2OP/c1-21(2)28(31)29(27-19-10-9-18-26(27)22-12-11-13-23(30)20-22)32-34(33,24-14-5-3-6-15-24)25-16-7-4-8-17-25/h3-21,28-29H,31H2,1-2H3,(H,32,33)/t28-,29-/m0/s1. The first-order valence-corrected chi connectivity index (χ1v) is 13.2. The maximum atomic E-state index is 14.8. The molecule has 0 aliphatic heterocycles. The van der Waals surface area contributed by atoms with Crippen molar-refractivity contribution in [3.63, 3.8) is 0 Å². The summed E-state index contributed by atoms with van der Waals surface area (Å²) in [6, 6.07) is 32.5. The van der Waals surface area contributed by atoms with E-state index >= 15 is 0 Å². The number of halogens is 1. The molecule has 34 heavy (non-hydrogen) atoms. The Hall–Kier alpha value is -3.04. The van der Waals surface area contributed by atoms with Crippen LogP contribution in [-0.4, -0.2) is 6.04 Å². The molecule has 4 aromatic carbocycles. The highest BCUT2D eigenvalue weighted by Gasteiger charge is 2.35. The van der Waals surface area contributed by atoms with Crippen LogP contribution < -0.4 is 21.4 Å². The van der Waals surface area contributed by atoms with E-state index in [0.29, 0.717) is 10.6 Å². The van der Waals surface area contributed by atoms with Crippen molar-refractivity contribution < 1.29 is 8.96 Å². The van der Waals surface area contributed by atoms with Gasteiger partial charge in [-0.25, -0.2) is 4.39 Å². The lowest BCUT2D eigenvalue weighted by atomic mass is 9.88. The van der Waals surface area contributed by atoms with Gasteiger partial charge in [0.2, 0.25) is 7.29 Å². The molecule has 0 unspecified atom stereocenters. The van der Waals surface area contributed by atoms with Crippen LogP contribution in [0.3, 0.4) is 0 Å². The lowest BCUT2D eigenvalue weighted by Crippen LogP contribution is -2.43. The zero-order chi connectivity index (χ0) is 24.1. The molecular formula is C29H30FN2OP. The molecule has 0 saturated heterocycles. The molecule has 3 nitrogen and oxygen atoms in total. The first-order valence-electron chi connectivity index (χ1n) is 11.5. The van der Waals surface area contributed by atoms with Gasteiger partial charge in [0, 0.05) is 16.7 Å². The molecular weight excluding hydrogens is 442 g/mol. The number of hydrogen-bond donors (Lipinski definition) is 2. The monoisotopic (exact) mass is 472 g/mol. The SMILES string of the molecule is CC(C)[C@H](N)[C@@H](NP(=O)(c1ccccc1)c1ccccc1)c1ccccc1-c1cccc(F)c1. The number of benzene rings is 4. The Labute approximate surface area is 201 Å². The molecule has 4 rings (SSSR count). The molecule has 0 bridgehead atoms. The summed E-state index contributed by atoms with van der Waals surface area (Å²) in [6.45, 7) is 4.11. The summed E-state index contributed by atoms with van der Waals surface area (Å²) in [5.41, 5.74) is 9.29. The highest BCUT2D eigenvalue weighted by atomic mass is 31.2. The molecule has 0 aliphatic rings. The third kappa shape index (κ3) is 5.05. The molecule has 0 amide bonds. The molecule has 5 heteroatoms. The van der Waals surface area contributed by atoms with Crippen LogP contribution in [-0.2, 0) is 4.57 Å². The fourth-order valence-electron chi connectivity index (χ4n) is 4.20. The maximum Gasteiger partial charge on any atom is 0.205 e. The number of nitrogens with one attached hydrogen (secondary N) is 1. The van der Waals surface area contributed by atoms with Crippen molar-refractivity contribution in [2.24, 2.45) is 11.7 Å². The van der Waals surface area contributed by atoms with E-state index in [1.807, 2.05) is 91.0 Å². The molecule has 174 valence electrons. The summed E-state index contributed by atoms with van der Waals surface area (Å²) < 4.78 is 28.9. The molecule has 0 spiro atoms. The Bertz CT molecular complexity index is 1230. The van der Waals surface area contributed by atoms with Gasteiger partial charge < -0.3 is 5.73 Å². The van der Waals surface area contributed by atoms with Gasteiger partial charge in [0.25, 0.3) is 0 Å². The molecule has 0 aliphatic carbocycles. The van der Waals surface area contributed by atoms with E-state index in [1.165, 1.54) is 12.1 Å². The molecule has 0 aromatic heterocycles. The first kappa shape index (κ1) is 24.1. The predicted molar refractivity (Wildman–Crippen MR) is 140 cm³/mol. The van der Waals surface area contributed by atoms with E-state index in [0.717, 1.165) is 16.7 Å². The number of rotatable bonds is 8. The second kappa shape index (κ2) is 10.5. The lowest BCUT2D eigenvalue weighted by Gasteiger charge is -2.34. The van der Waals surface area contributed by atoms with Crippen molar-refractivity contribution in [3.05, 3.63) is 121 Å². The molecule has 0 saturated carbocycles. The molecule has 0 fully saturated rings. The first-order chi connectivity index (χ1) is 16.4. The Morgan fingerprint density at radius 1 is 0.765 bits per heavy atom. The predicted octanol–water partition coefficient (Wildman–Crippen LogP) is 6.04. The van der Waals surface area contributed by atoms with E-state index in [1.54, 1.807) is 6.07 Å². The quantitative estimate of drug-likeness (QED) is 0.308. The van der Waals surface area contributed by atoms with Crippen LogP contribution in [0.4, 0.5) is 4.39 Å². The molecule has 4 aromatic rings. The molecule has 3 N–H and O–H groups in total. The van der Waals surface area contributed by atoms with Gasteiger partial charge in [-0.15, -0.1) is 0 Å². The molecule has 0 heterocycles. The highest BCUT2D eigenvalue weighted by Crippen LogP contribution is 2.44. The summed E-state index contributed by atoms with van der Waals surface area (Å²) >= 11 is 0. The van der Waals surface area contributed by atoms with E-state index in [2.05, 4.69) is 18.9 Å². The van der Waals surface area contributed by atoms with Crippen molar-refractivity contribution in [3.8, 4) is 11.1 Å². The van der Waals surface area contributed by atoms with Gasteiger partial charge in [0.05, 0.1) is 6.04 Å². The van der Waals surface area contributed by atoms with Gasteiger partial charge in [0.1, 0.15) is 5.82 Å². The summed E-state index contributed by atoms with van der Waals surface area (Å²) in [5, 5.41) is 4.95. The average Bonchev–Trinajstić information content (AvgIpc) is 2.88. The highest BCUT2D eigenvalue weighted by molar-refractivity contribution is 7.76. The van der Waals surface area contributed by atoms with Crippen LogP contribution in [0.2, 0.25) is 0 Å². The topological polar surface area (TPSA) is 55.1 Å². The summed E-state index contributed by atoms with van der Waals surface area (Å²) in [5.74, 6) is -0.192.